The van der Waals surface area contributed by atoms with Gasteiger partial charge in [0.05, 0.1) is 18.7 Å². The lowest BCUT2D eigenvalue weighted by molar-refractivity contribution is 0.748. The number of halogens is 1. The third kappa shape index (κ3) is 1.19. The Morgan fingerprint density at radius 1 is 1.90 bits per heavy atom. The normalized spacial score (nSPS) is 9.30. The molecule has 10 heavy (non-hydrogen) atoms. The first-order valence-corrected chi connectivity index (χ1v) is 3.58. The second-order valence-electron chi connectivity index (χ2n) is 1.92. The highest BCUT2D eigenvalue weighted by Gasteiger charge is 2.02. The zero-order valence-corrected chi connectivity index (χ0v) is 7.09. The molecule has 1 heterocycles. The van der Waals surface area contributed by atoms with Crippen molar-refractivity contribution in [1.29, 1.82) is 5.26 Å². The van der Waals surface area contributed by atoms with E-state index in [-0.39, 0.29) is 0 Å². The summed E-state index contributed by atoms with van der Waals surface area (Å²) in [6.45, 7) is 0. The highest BCUT2D eigenvalue weighted by Crippen LogP contribution is 2.14. The van der Waals surface area contributed by atoms with Crippen molar-refractivity contribution in [3.8, 4) is 6.07 Å². The van der Waals surface area contributed by atoms with Crippen LogP contribution >= 0.6 is 15.9 Å². The second-order valence-corrected chi connectivity index (χ2v) is 2.67. The zero-order valence-electron chi connectivity index (χ0n) is 5.50. The molecule has 0 aliphatic heterocycles. The van der Waals surface area contributed by atoms with Gasteiger partial charge in [-0.1, -0.05) is 0 Å². The Morgan fingerprint density at radius 3 is 3.00 bits per heavy atom. The van der Waals surface area contributed by atoms with E-state index in [1.54, 1.807) is 10.9 Å². The van der Waals surface area contributed by atoms with Gasteiger partial charge in [-0.2, -0.15) is 10.4 Å². The monoisotopic (exact) mass is 199 g/mol. The molecular formula is C6H6BrN3. The van der Waals surface area contributed by atoms with Crippen LogP contribution in [0.3, 0.4) is 0 Å². The number of nitriles is 1. The highest BCUT2D eigenvalue weighted by molar-refractivity contribution is 9.10. The molecule has 0 fully saturated rings. The molecule has 0 unspecified atom stereocenters. The Hall–Kier alpha value is -0.820. The van der Waals surface area contributed by atoms with Crippen molar-refractivity contribution in [2.75, 3.05) is 0 Å². The van der Waals surface area contributed by atoms with Gasteiger partial charge in [0, 0.05) is 12.6 Å². The minimum absolute atomic E-state index is 0.411. The molecule has 1 aromatic heterocycles. The van der Waals surface area contributed by atoms with Gasteiger partial charge in [0.15, 0.2) is 0 Å². The third-order valence-electron chi connectivity index (χ3n) is 1.21. The number of hydrogen-bond donors (Lipinski definition) is 0. The molecule has 4 heteroatoms. The number of hydrogen-bond acceptors (Lipinski definition) is 2. The summed E-state index contributed by atoms with van der Waals surface area (Å²) in [4.78, 5) is 0. The van der Waals surface area contributed by atoms with Crippen molar-refractivity contribution in [1.82, 2.24) is 9.78 Å². The summed E-state index contributed by atoms with van der Waals surface area (Å²) >= 11 is 3.30. The van der Waals surface area contributed by atoms with Gasteiger partial charge in [0.1, 0.15) is 4.60 Å². The molecule has 0 aliphatic carbocycles. The summed E-state index contributed by atoms with van der Waals surface area (Å²) in [5.74, 6) is 0. The predicted octanol–water partition coefficient (Wildman–Crippen LogP) is 1.25. The number of aromatic nitrogens is 2. The molecule has 0 radical (unpaired) electrons. The molecule has 3 nitrogen and oxygen atoms in total. The molecule has 0 aliphatic rings. The van der Waals surface area contributed by atoms with Crippen molar-refractivity contribution in [2.45, 2.75) is 6.42 Å². The standard InChI is InChI=1S/C6H6BrN3/c1-10-6(7)5(2-3-8)4-9-10/h4H,2H2,1H3. The van der Waals surface area contributed by atoms with E-state index in [1.807, 2.05) is 7.05 Å². The van der Waals surface area contributed by atoms with E-state index in [9.17, 15) is 0 Å². The van der Waals surface area contributed by atoms with Gasteiger partial charge in [-0.25, -0.2) is 0 Å². The van der Waals surface area contributed by atoms with Crippen LogP contribution in [0.4, 0.5) is 0 Å². The third-order valence-corrected chi connectivity index (χ3v) is 2.23. The topological polar surface area (TPSA) is 41.6 Å². The first-order valence-electron chi connectivity index (χ1n) is 2.79. The Bertz CT molecular complexity index is 271. The summed E-state index contributed by atoms with van der Waals surface area (Å²) in [6.07, 6.45) is 2.10. The highest BCUT2D eigenvalue weighted by atomic mass is 79.9. The Labute approximate surface area is 67.4 Å². The molecule has 0 spiro atoms. The van der Waals surface area contributed by atoms with Crippen molar-refractivity contribution in [3.63, 3.8) is 0 Å². The fraction of sp³-hybridized carbons (Fsp3) is 0.333. The molecule has 0 amide bonds. The lowest BCUT2D eigenvalue weighted by Gasteiger charge is -1.90. The van der Waals surface area contributed by atoms with E-state index < -0.39 is 0 Å². The van der Waals surface area contributed by atoms with E-state index in [0.29, 0.717) is 6.42 Å². The van der Waals surface area contributed by atoms with Gasteiger partial charge in [0.25, 0.3) is 0 Å². The van der Waals surface area contributed by atoms with Gasteiger partial charge in [0.2, 0.25) is 0 Å². The van der Waals surface area contributed by atoms with E-state index in [4.69, 9.17) is 5.26 Å². The molecule has 1 aromatic rings. The largest absolute Gasteiger partial charge is 0.261 e. The van der Waals surface area contributed by atoms with Gasteiger partial charge < -0.3 is 0 Å². The second kappa shape index (κ2) is 2.84. The van der Waals surface area contributed by atoms with Crippen LogP contribution in [0.15, 0.2) is 10.8 Å². The summed E-state index contributed by atoms with van der Waals surface area (Å²) < 4.78 is 2.57. The predicted molar refractivity (Wildman–Crippen MR) is 40.2 cm³/mol. The minimum Gasteiger partial charge on any atom is -0.261 e. The fourth-order valence-corrected chi connectivity index (χ4v) is 1.01. The zero-order chi connectivity index (χ0) is 7.56. The van der Waals surface area contributed by atoms with Crippen molar-refractivity contribution < 1.29 is 0 Å². The van der Waals surface area contributed by atoms with E-state index >= 15 is 0 Å². The quantitative estimate of drug-likeness (QED) is 0.684. The maximum Gasteiger partial charge on any atom is 0.107 e. The fourth-order valence-electron chi connectivity index (χ4n) is 0.672. The van der Waals surface area contributed by atoms with Crippen LogP contribution in [0.25, 0.3) is 0 Å². The van der Waals surface area contributed by atoms with Crippen LogP contribution in [0.1, 0.15) is 5.56 Å². The Balaban J connectivity index is 2.96. The number of nitrogens with zero attached hydrogens (tertiary/aromatic N) is 3. The first kappa shape index (κ1) is 7.29. The molecule has 0 N–H and O–H groups in total. The lowest BCUT2D eigenvalue weighted by atomic mass is 10.3. The van der Waals surface area contributed by atoms with Gasteiger partial charge in [-0.05, 0) is 15.9 Å². The summed E-state index contributed by atoms with van der Waals surface area (Å²) in [6, 6.07) is 2.05. The van der Waals surface area contributed by atoms with Crippen molar-refractivity contribution >= 4 is 15.9 Å². The smallest absolute Gasteiger partial charge is 0.107 e. The van der Waals surface area contributed by atoms with Gasteiger partial charge in [-0.15, -0.1) is 0 Å². The van der Waals surface area contributed by atoms with E-state index in [0.717, 1.165) is 10.2 Å². The number of rotatable bonds is 1. The molecule has 0 saturated carbocycles. The summed E-state index contributed by atoms with van der Waals surface area (Å²) in [5.41, 5.74) is 0.935. The van der Waals surface area contributed by atoms with Crippen LogP contribution < -0.4 is 0 Å². The van der Waals surface area contributed by atoms with Crippen LogP contribution in [0.2, 0.25) is 0 Å². The molecular weight excluding hydrogens is 194 g/mol. The lowest BCUT2D eigenvalue weighted by Crippen LogP contribution is -1.89. The van der Waals surface area contributed by atoms with Crippen LogP contribution in [0.5, 0.6) is 0 Å². The molecule has 0 atom stereocenters. The average molecular weight is 200 g/mol. The Kier molecular flexibility index (Phi) is 2.07. The van der Waals surface area contributed by atoms with Crippen molar-refractivity contribution in [2.24, 2.45) is 7.05 Å². The van der Waals surface area contributed by atoms with E-state index in [1.165, 1.54) is 0 Å². The molecule has 0 bridgehead atoms. The maximum atomic E-state index is 8.35. The van der Waals surface area contributed by atoms with Crippen LogP contribution in [0, 0.1) is 11.3 Å². The van der Waals surface area contributed by atoms with E-state index in [2.05, 4.69) is 27.1 Å². The van der Waals surface area contributed by atoms with Gasteiger partial charge >= 0.3 is 0 Å². The minimum atomic E-state index is 0.411. The van der Waals surface area contributed by atoms with Crippen molar-refractivity contribution in [3.05, 3.63) is 16.4 Å². The Morgan fingerprint density at radius 2 is 2.60 bits per heavy atom. The van der Waals surface area contributed by atoms with Gasteiger partial charge in [-0.3, -0.25) is 4.68 Å². The van der Waals surface area contributed by atoms with Crippen LogP contribution in [-0.2, 0) is 13.5 Å². The molecule has 52 valence electrons. The molecule has 0 aromatic carbocycles. The van der Waals surface area contributed by atoms with Crippen LogP contribution in [-0.4, -0.2) is 9.78 Å². The molecule has 0 saturated heterocycles. The average Bonchev–Trinajstić information content (AvgIpc) is 2.20. The summed E-state index contributed by atoms with van der Waals surface area (Å²) in [7, 11) is 1.82. The summed E-state index contributed by atoms with van der Waals surface area (Å²) in [5, 5.41) is 12.3. The first-order chi connectivity index (χ1) is 4.75. The molecule has 1 rings (SSSR count). The maximum absolute atomic E-state index is 8.35. The SMILES string of the molecule is Cn1ncc(CC#N)c1Br. The number of aryl methyl sites for hydroxylation is 1.